The molecule has 61 heavy (non-hydrogen) atoms. The maximum atomic E-state index is 7.31. The van der Waals surface area contributed by atoms with Crippen molar-refractivity contribution in [2.24, 2.45) is 0 Å². The van der Waals surface area contributed by atoms with Gasteiger partial charge in [0, 0.05) is 55.1 Å². The highest BCUT2D eigenvalue weighted by molar-refractivity contribution is 6.94. The van der Waals surface area contributed by atoms with E-state index in [2.05, 4.69) is 207 Å². The number of hydrogen-bond acceptors (Lipinski definition) is 2. The van der Waals surface area contributed by atoms with Gasteiger partial charge in [0.2, 0.25) is 0 Å². The van der Waals surface area contributed by atoms with E-state index in [0.717, 1.165) is 11.2 Å². The number of rotatable bonds is 1. The molecule has 0 atom stereocenters. The molecule has 0 spiro atoms. The Morgan fingerprint density at radius 1 is 0.541 bits per heavy atom. The van der Waals surface area contributed by atoms with E-state index >= 15 is 0 Å². The number of anilines is 2. The molecule has 300 valence electrons. The molecular formula is C57H53BN2O. The number of benzene rings is 7. The third-order valence-corrected chi connectivity index (χ3v) is 14.6. The zero-order chi connectivity index (χ0) is 42.3. The van der Waals surface area contributed by atoms with Crippen LogP contribution >= 0.6 is 0 Å². The minimum absolute atomic E-state index is 0.0175. The average Bonchev–Trinajstić information content (AvgIpc) is 3.84. The molecule has 7 aromatic carbocycles. The first-order valence-electron chi connectivity index (χ1n) is 22.2. The van der Waals surface area contributed by atoms with Crippen LogP contribution in [0.15, 0.2) is 126 Å². The fraction of sp³-hybridized carbons (Fsp3) is 0.263. The predicted molar refractivity (Wildman–Crippen MR) is 261 cm³/mol. The molecule has 3 aliphatic rings. The van der Waals surface area contributed by atoms with E-state index in [0.29, 0.717) is 0 Å². The average molecular weight is 793 g/mol. The summed E-state index contributed by atoms with van der Waals surface area (Å²) in [6.45, 7) is 25.6. The quantitative estimate of drug-likeness (QED) is 0.154. The number of aromatic nitrogens is 1. The normalized spacial score (nSPS) is 15.2. The Bertz CT molecular complexity index is 3390. The monoisotopic (exact) mass is 792 g/mol. The van der Waals surface area contributed by atoms with Crippen LogP contribution in [0.4, 0.5) is 11.4 Å². The lowest BCUT2D eigenvalue weighted by atomic mass is 9.43. The molecule has 0 saturated carbocycles. The van der Waals surface area contributed by atoms with Crippen LogP contribution in [0.25, 0.3) is 71.7 Å². The van der Waals surface area contributed by atoms with Crippen LogP contribution in [0.2, 0.25) is 0 Å². The molecule has 0 unspecified atom stereocenters. The molecule has 4 heterocycles. The molecule has 0 radical (unpaired) electrons. The van der Waals surface area contributed by atoms with Gasteiger partial charge < -0.3 is 13.8 Å². The minimum atomic E-state index is -0.169. The van der Waals surface area contributed by atoms with Crippen molar-refractivity contribution >= 4 is 72.9 Å². The summed E-state index contributed by atoms with van der Waals surface area (Å²) in [7, 11) is 0. The zero-order valence-electron chi connectivity index (χ0n) is 37.4. The zero-order valence-corrected chi connectivity index (χ0v) is 37.4. The van der Waals surface area contributed by atoms with E-state index in [4.69, 9.17) is 4.42 Å². The van der Waals surface area contributed by atoms with Crippen LogP contribution in [0.1, 0.15) is 104 Å². The van der Waals surface area contributed by atoms with E-state index in [1.807, 2.05) is 0 Å². The lowest BCUT2D eigenvalue weighted by Gasteiger charge is -2.43. The second-order valence-corrected chi connectivity index (χ2v) is 21.8. The van der Waals surface area contributed by atoms with Gasteiger partial charge in [0.25, 0.3) is 0 Å². The third-order valence-electron chi connectivity index (χ3n) is 14.6. The highest BCUT2D eigenvalue weighted by Gasteiger charge is 2.48. The van der Waals surface area contributed by atoms with Crippen molar-refractivity contribution in [3.8, 4) is 27.9 Å². The molecule has 0 bridgehead atoms. The van der Waals surface area contributed by atoms with Crippen molar-refractivity contribution in [2.75, 3.05) is 4.81 Å². The molecule has 2 aliphatic heterocycles. The smallest absolute Gasteiger partial charge is 0.333 e. The first-order valence-corrected chi connectivity index (χ1v) is 22.2. The predicted octanol–water partition coefficient (Wildman–Crippen LogP) is 14.1. The van der Waals surface area contributed by atoms with E-state index in [9.17, 15) is 0 Å². The number of para-hydroxylation sites is 1. The molecule has 0 amide bonds. The van der Waals surface area contributed by atoms with Crippen LogP contribution in [-0.4, -0.2) is 11.4 Å². The fourth-order valence-corrected chi connectivity index (χ4v) is 11.3. The first-order chi connectivity index (χ1) is 28.9. The van der Waals surface area contributed by atoms with Crippen LogP contribution in [0, 0.1) is 0 Å². The van der Waals surface area contributed by atoms with E-state index in [-0.39, 0.29) is 28.5 Å². The Morgan fingerprint density at radius 2 is 1.20 bits per heavy atom. The Kier molecular flexibility index (Phi) is 7.05. The first kappa shape index (κ1) is 36.8. The molecule has 12 rings (SSSR count). The number of furan rings is 1. The molecule has 3 nitrogen and oxygen atoms in total. The number of nitrogens with zero attached hydrogens (tertiary/aromatic N) is 2. The van der Waals surface area contributed by atoms with Crippen molar-refractivity contribution in [3.05, 3.63) is 149 Å². The summed E-state index contributed by atoms with van der Waals surface area (Å²) in [6, 6.07) is 46.9. The molecule has 1 aliphatic carbocycles. The lowest BCUT2D eigenvalue weighted by Crippen LogP contribution is -2.60. The summed E-state index contributed by atoms with van der Waals surface area (Å²) < 4.78 is 9.93. The van der Waals surface area contributed by atoms with Crippen LogP contribution < -0.4 is 15.7 Å². The Labute approximate surface area is 360 Å². The van der Waals surface area contributed by atoms with E-state index in [1.54, 1.807) is 0 Å². The van der Waals surface area contributed by atoms with Crippen molar-refractivity contribution in [2.45, 2.75) is 97.8 Å². The standard InChI is InChI=1S/C57H53BN2O/c1-54(2,3)32-20-24-35(25-21-32)60-46-31-38-36-16-12-14-18-41(36)57(10,11)42(38)30-40(46)50-51-52-48(49-37-17-13-15-19-47(37)61-53(49)50)39-28-33(55(4,5)6)22-26-44(39)59(52)45-27-23-34(56(7,8)9)29-43(45)58(51)60/h12-31H,1-11H3. The second-order valence-electron chi connectivity index (χ2n) is 21.8. The van der Waals surface area contributed by atoms with Crippen LogP contribution in [0.5, 0.6) is 0 Å². The van der Waals surface area contributed by atoms with Gasteiger partial charge in [-0.05, 0) is 115 Å². The van der Waals surface area contributed by atoms with E-state index < -0.39 is 0 Å². The van der Waals surface area contributed by atoms with Gasteiger partial charge in [0.05, 0.1) is 11.0 Å². The van der Waals surface area contributed by atoms with Gasteiger partial charge in [-0.1, -0.05) is 149 Å². The molecule has 0 fully saturated rings. The Hall–Kier alpha value is -6.00. The topological polar surface area (TPSA) is 21.3 Å². The number of hydrogen-bond donors (Lipinski definition) is 0. The highest BCUT2D eigenvalue weighted by atomic mass is 16.3. The maximum absolute atomic E-state index is 7.31. The summed E-state index contributed by atoms with van der Waals surface area (Å²) >= 11 is 0. The number of fused-ring (bicyclic) bond motifs is 16. The largest absolute Gasteiger partial charge is 0.455 e. The molecule has 0 N–H and O–H groups in total. The Balaban J connectivity index is 1.33. The molecule has 2 aromatic heterocycles. The molecule has 0 saturated heterocycles. The van der Waals surface area contributed by atoms with Gasteiger partial charge in [-0.15, -0.1) is 0 Å². The summed E-state index contributed by atoms with van der Waals surface area (Å²) in [5, 5.41) is 4.95. The van der Waals surface area contributed by atoms with Crippen molar-refractivity contribution in [3.63, 3.8) is 0 Å². The maximum Gasteiger partial charge on any atom is 0.333 e. The summed E-state index contributed by atoms with van der Waals surface area (Å²) in [5.41, 5.74) is 22.4. The highest BCUT2D eigenvalue weighted by Crippen LogP contribution is 2.56. The summed E-state index contributed by atoms with van der Waals surface area (Å²) in [5.74, 6) is 0. The van der Waals surface area contributed by atoms with Gasteiger partial charge >= 0.3 is 6.85 Å². The van der Waals surface area contributed by atoms with Crippen LogP contribution in [-0.2, 0) is 21.7 Å². The van der Waals surface area contributed by atoms with Gasteiger partial charge in [-0.25, -0.2) is 0 Å². The van der Waals surface area contributed by atoms with Crippen molar-refractivity contribution < 1.29 is 4.42 Å². The Morgan fingerprint density at radius 3 is 1.93 bits per heavy atom. The summed E-state index contributed by atoms with van der Waals surface area (Å²) in [6.07, 6.45) is 0. The van der Waals surface area contributed by atoms with Gasteiger partial charge in [0.15, 0.2) is 0 Å². The third kappa shape index (κ3) is 4.82. The molecule has 9 aromatic rings. The van der Waals surface area contributed by atoms with Gasteiger partial charge in [-0.3, -0.25) is 0 Å². The summed E-state index contributed by atoms with van der Waals surface area (Å²) in [4.78, 5) is 2.69. The van der Waals surface area contributed by atoms with E-state index in [1.165, 1.54) is 111 Å². The molecular weight excluding hydrogens is 739 g/mol. The second kappa shape index (κ2) is 11.7. The van der Waals surface area contributed by atoms with Crippen molar-refractivity contribution in [1.29, 1.82) is 0 Å². The van der Waals surface area contributed by atoms with Crippen molar-refractivity contribution in [1.82, 2.24) is 4.57 Å². The lowest BCUT2D eigenvalue weighted by molar-refractivity contribution is 0.590. The van der Waals surface area contributed by atoms with Gasteiger partial charge in [0.1, 0.15) is 11.2 Å². The SMILES string of the molecule is CC(C)(C)c1ccc(N2B3c4cc(C(C)(C)C)ccc4-n4c5ccc(C(C)(C)C)cc5c5c6c(oc7ccccc76)c(c3c54)-c3cc4c(cc32)-c2ccccc2C4(C)C)cc1. The van der Waals surface area contributed by atoms with Crippen LogP contribution in [0.3, 0.4) is 0 Å². The molecule has 4 heteroatoms. The fourth-order valence-electron chi connectivity index (χ4n) is 11.3. The van der Waals surface area contributed by atoms with Gasteiger partial charge in [-0.2, -0.15) is 0 Å². The minimum Gasteiger partial charge on any atom is -0.455 e.